The highest BCUT2D eigenvalue weighted by Crippen LogP contribution is 2.30. The molecule has 0 radical (unpaired) electrons. The van der Waals surface area contributed by atoms with Crippen molar-refractivity contribution >= 4 is 21.9 Å². The van der Waals surface area contributed by atoms with E-state index in [2.05, 4.69) is 5.32 Å². The zero-order valence-corrected chi connectivity index (χ0v) is 17.3. The van der Waals surface area contributed by atoms with Crippen molar-refractivity contribution in [1.29, 1.82) is 0 Å². The minimum atomic E-state index is -3.82. The van der Waals surface area contributed by atoms with E-state index in [1.165, 1.54) is 18.2 Å². The lowest BCUT2D eigenvalue weighted by Crippen LogP contribution is -2.49. The number of rotatable bonds is 6. The molecular formula is C19H28N2O5S. The average molecular weight is 397 g/mol. The zero-order valence-electron chi connectivity index (χ0n) is 16.5. The highest BCUT2D eigenvalue weighted by atomic mass is 32.2. The van der Waals surface area contributed by atoms with Crippen LogP contribution in [0.4, 0.5) is 0 Å². The summed E-state index contributed by atoms with van der Waals surface area (Å²) in [4.78, 5) is 24.1. The third-order valence-electron chi connectivity index (χ3n) is 4.96. The van der Waals surface area contributed by atoms with Crippen molar-refractivity contribution in [3.05, 3.63) is 28.8 Å². The Labute approximate surface area is 160 Å². The first-order valence-corrected chi connectivity index (χ1v) is 10.4. The molecule has 1 atom stereocenters. The van der Waals surface area contributed by atoms with E-state index in [0.717, 1.165) is 5.56 Å². The average Bonchev–Trinajstić information content (AvgIpc) is 3.01. The molecule has 0 bridgehead atoms. The van der Waals surface area contributed by atoms with Crippen LogP contribution in [0, 0.1) is 26.2 Å². The number of carboxylic acid groups (broad SMARTS) is 1. The van der Waals surface area contributed by atoms with E-state index in [9.17, 15) is 23.1 Å². The van der Waals surface area contributed by atoms with Crippen LogP contribution < -0.4 is 5.32 Å². The van der Waals surface area contributed by atoms with Gasteiger partial charge in [0.1, 0.15) is 6.04 Å². The Hall–Kier alpha value is -1.93. The van der Waals surface area contributed by atoms with Crippen molar-refractivity contribution in [1.82, 2.24) is 9.62 Å². The van der Waals surface area contributed by atoms with Gasteiger partial charge in [0.05, 0.1) is 10.3 Å². The van der Waals surface area contributed by atoms with Crippen molar-refractivity contribution in [2.75, 3.05) is 13.1 Å². The predicted molar refractivity (Wildman–Crippen MR) is 102 cm³/mol. The van der Waals surface area contributed by atoms with Crippen molar-refractivity contribution in [3.8, 4) is 0 Å². The molecule has 150 valence electrons. The summed E-state index contributed by atoms with van der Waals surface area (Å²) >= 11 is 0. The highest BCUT2D eigenvalue weighted by molar-refractivity contribution is 7.89. The molecule has 0 aliphatic carbocycles. The number of nitrogens with zero attached hydrogens (tertiary/aromatic N) is 1. The third-order valence-corrected chi connectivity index (χ3v) is 7.18. The maximum Gasteiger partial charge on any atom is 0.310 e. The number of sulfonamides is 1. The van der Waals surface area contributed by atoms with Crippen LogP contribution in [0.3, 0.4) is 0 Å². The number of benzene rings is 1. The monoisotopic (exact) mass is 396 g/mol. The summed E-state index contributed by atoms with van der Waals surface area (Å²) in [5.74, 6) is -1.47. The summed E-state index contributed by atoms with van der Waals surface area (Å²) in [6.07, 6.45) is 1.01. The molecule has 1 saturated heterocycles. The molecule has 1 heterocycles. The molecule has 27 heavy (non-hydrogen) atoms. The summed E-state index contributed by atoms with van der Waals surface area (Å²) in [5, 5.41) is 11.8. The lowest BCUT2D eigenvalue weighted by Gasteiger charge is -2.27. The van der Waals surface area contributed by atoms with Gasteiger partial charge in [-0.05, 0) is 58.6 Å². The van der Waals surface area contributed by atoms with Crippen LogP contribution in [-0.2, 0) is 19.6 Å². The molecule has 1 amide bonds. The van der Waals surface area contributed by atoms with Crippen molar-refractivity contribution < 1.29 is 23.1 Å². The summed E-state index contributed by atoms with van der Waals surface area (Å²) in [6, 6.07) is 2.82. The van der Waals surface area contributed by atoms with Crippen LogP contribution in [0.1, 0.15) is 43.4 Å². The quantitative estimate of drug-likeness (QED) is 0.765. The maximum atomic E-state index is 13.3. The number of amides is 1. The number of aryl methyl sites for hydroxylation is 3. The number of aliphatic carboxylic acids is 1. The number of carboxylic acids is 1. The summed E-state index contributed by atoms with van der Waals surface area (Å²) < 4.78 is 27.8. The van der Waals surface area contributed by atoms with Crippen molar-refractivity contribution in [2.45, 2.75) is 58.4 Å². The molecule has 1 aromatic rings. The largest absolute Gasteiger partial charge is 0.481 e. The second kappa shape index (κ2) is 7.59. The molecule has 1 unspecified atom stereocenters. The summed E-state index contributed by atoms with van der Waals surface area (Å²) in [5.41, 5.74) is 1.17. The molecule has 0 spiro atoms. The van der Waals surface area contributed by atoms with Gasteiger partial charge in [-0.1, -0.05) is 17.7 Å². The molecular weight excluding hydrogens is 368 g/mol. The van der Waals surface area contributed by atoms with Gasteiger partial charge in [-0.3, -0.25) is 9.59 Å². The van der Waals surface area contributed by atoms with E-state index >= 15 is 0 Å². The SMILES string of the molecule is Cc1cc(C)c(S(=O)(=O)N2CCCC2C(=O)NCC(C)(C)C(=O)O)c(C)c1. The number of hydrogen-bond donors (Lipinski definition) is 2. The molecule has 1 fully saturated rings. The molecule has 2 N–H and O–H groups in total. The minimum Gasteiger partial charge on any atom is -0.481 e. The lowest BCUT2D eigenvalue weighted by atomic mass is 9.94. The third kappa shape index (κ3) is 4.32. The van der Waals surface area contributed by atoms with Gasteiger partial charge >= 0.3 is 5.97 Å². The van der Waals surface area contributed by atoms with Gasteiger partial charge in [0.2, 0.25) is 15.9 Å². The molecule has 0 aromatic heterocycles. The van der Waals surface area contributed by atoms with Crippen LogP contribution >= 0.6 is 0 Å². The molecule has 2 rings (SSSR count). The molecule has 7 nitrogen and oxygen atoms in total. The summed E-state index contributed by atoms with van der Waals surface area (Å²) in [7, 11) is -3.82. The van der Waals surface area contributed by atoms with Crippen LogP contribution in [0.5, 0.6) is 0 Å². The predicted octanol–water partition coefficient (Wildman–Crippen LogP) is 1.99. The normalized spacial score (nSPS) is 18.5. The first-order chi connectivity index (χ1) is 12.4. The Morgan fingerprint density at radius 2 is 1.78 bits per heavy atom. The molecule has 1 aliphatic rings. The lowest BCUT2D eigenvalue weighted by molar-refractivity contribution is -0.146. The number of nitrogens with one attached hydrogen (secondary N) is 1. The topological polar surface area (TPSA) is 104 Å². The van der Waals surface area contributed by atoms with Gasteiger partial charge in [0, 0.05) is 13.1 Å². The fourth-order valence-electron chi connectivity index (χ4n) is 3.48. The van der Waals surface area contributed by atoms with E-state index in [0.29, 0.717) is 24.0 Å². The van der Waals surface area contributed by atoms with Crippen LogP contribution in [0.15, 0.2) is 17.0 Å². The highest BCUT2D eigenvalue weighted by Gasteiger charge is 2.41. The first kappa shape index (κ1) is 21.4. The smallest absolute Gasteiger partial charge is 0.310 e. The standard InChI is InChI=1S/C19H28N2O5S/c1-12-9-13(2)16(14(3)10-12)27(25,26)21-8-6-7-15(21)17(22)20-11-19(4,5)18(23)24/h9-10,15H,6-8,11H2,1-5H3,(H,20,22)(H,23,24). The van der Waals surface area contributed by atoms with Gasteiger partial charge in [-0.25, -0.2) is 8.42 Å². The summed E-state index contributed by atoms with van der Waals surface area (Å²) in [6.45, 7) is 8.66. The molecule has 1 aromatic carbocycles. The number of hydrogen-bond acceptors (Lipinski definition) is 4. The number of carbonyl (C=O) groups is 2. The van der Waals surface area contributed by atoms with E-state index in [4.69, 9.17) is 0 Å². The Kier molecular flexibility index (Phi) is 6.01. The Bertz CT molecular complexity index is 838. The van der Waals surface area contributed by atoms with Crippen LogP contribution in [0.25, 0.3) is 0 Å². The second-order valence-electron chi connectivity index (χ2n) is 7.91. The van der Waals surface area contributed by atoms with Crippen molar-refractivity contribution in [2.24, 2.45) is 5.41 Å². The van der Waals surface area contributed by atoms with Gasteiger partial charge in [0.25, 0.3) is 0 Å². The molecule has 0 saturated carbocycles. The van der Waals surface area contributed by atoms with Gasteiger partial charge in [-0.15, -0.1) is 0 Å². The minimum absolute atomic E-state index is 0.0614. The van der Waals surface area contributed by atoms with E-state index in [-0.39, 0.29) is 18.0 Å². The fraction of sp³-hybridized carbons (Fsp3) is 0.579. The fourth-order valence-corrected chi connectivity index (χ4v) is 5.55. The maximum absolute atomic E-state index is 13.3. The van der Waals surface area contributed by atoms with Crippen LogP contribution in [0.2, 0.25) is 0 Å². The Morgan fingerprint density at radius 3 is 2.30 bits per heavy atom. The van der Waals surface area contributed by atoms with Gasteiger partial charge < -0.3 is 10.4 Å². The van der Waals surface area contributed by atoms with Crippen LogP contribution in [-0.4, -0.2) is 48.8 Å². The molecule has 8 heteroatoms. The zero-order chi connectivity index (χ0) is 20.6. The van der Waals surface area contributed by atoms with E-state index in [1.807, 2.05) is 19.1 Å². The van der Waals surface area contributed by atoms with Crippen molar-refractivity contribution in [3.63, 3.8) is 0 Å². The van der Waals surface area contributed by atoms with E-state index < -0.39 is 33.4 Å². The number of carbonyl (C=O) groups excluding carboxylic acids is 1. The second-order valence-corrected chi connectivity index (χ2v) is 9.74. The molecule has 1 aliphatic heterocycles. The van der Waals surface area contributed by atoms with Gasteiger partial charge in [0.15, 0.2) is 0 Å². The van der Waals surface area contributed by atoms with E-state index in [1.54, 1.807) is 13.8 Å². The van der Waals surface area contributed by atoms with Gasteiger partial charge in [-0.2, -0.15) is 4.31 Å². The Balaban J connectivity index is 2.27. The Morgan fingerprint density at radius 1 is 1.22 bits per heavy atom. The first-order valence-electron chi connectivity index (χ1n) is 8.99.